The van der Waals surface area contributed by atoms with Crippen LogP contribution >= 0.6 is 11.3 Å². The van der Waals surface area contributed by atoms with Crippen LogP contribution in [-0.4, -0.2) is 52.0 Å². The predicted molar refractivity (Wildman–Crippen MR) is 165 cm³/mol. The Balaban J connectivity index is 1.92. The zero-order chi connectivity index (χ0) is 33.5. The number of amides is 2. The van der Waals surface area contributed by atoms with Gasteiger partial charge >= 0.3 is 6.61 Å². The Morgan fingerprint density at radius 3 is 2.46 bits per heavy atom. The molecule has 0 aliphatic carbocycles. The second kappa shape index (κ2) is 14.2. The number of alkyl halides is 2. The van der Waals surface area contributed by atoms with Crippen molar-refractivity contribution in [3.63, 3.8) is 0 Å². The van der Waals surface area contributed by atoms with Crippen molar-refractivity contribution >= 4 is 33.2 Å². The highest BCUT2D eigenvalue weighted by molar-refractivity contribution is 7.90. The minimum Gasteiger partial charge on any atom is -0.434 e. The number of nitriles is 1. The summed E-state index contributed by atoms with van der Waals surface area (Å²) in [5, 5.41) is 15.9. The average Bonchev–Trinajstić information content (AvgIpc) is 3.72. The van der Waals surface area contributed by atoms with Gasteiger partial charge in [-0.15, -0.1) is 11.3 Å². The standard InChI is InChI=1S/C31H32F2N6O5S2/c1-30(2,3)24-12-11-22(19-25(24)44-29(32)33)27(40)39(20-26-35-16-18-45-26)31(13-7-14-34,21-38-17-8-15-36-38)28(41)37-46(42,43)23-9-5-4-6-10-23/h4-6,8-12,15-19,29H,7,13,20-21H2,1-3H3,(H,37,41). The number of hydrogen-bond acceptors (Lipinski definition) is 9. The van der Waals surface area contributed by atoms with Gasteiger partial charge in [0.25, 0.3) is 21.8 Å². The highest BCUT2D eigenvalue weighted by Gasteiger charge is 2.49. The molecule has 1 atom stereocenters. The summed E-state index contributed by atoms with van der Waals surface area (Å²) < 4.78 is 62.1. The Kier molecular flexibility index (Phi) is 10.5. The summed E-state index contributed by atoms with van der Waals surface area (Å²) in [7, 11) is -4.44. The van der Waals surface area contributed by atoms with Crippen molar-refractivity contribution in [1.29, 1.82) is 5.26 Å². The Hall–Kier alpha value is -4.68. The number of hydrogen-bond donors (Lipinski definition) is 1. The lowest BCUT2D eigenvalue weighted by molar-refractivity contribution is -0.132. The van der Waals surface area contributed by atoms with Gasteiger partial charge in [0.15, 0.2) is 0 Å². The fraction of sp³-hybridized carbons (Fsp3) is 0.323. The van der Waals surface area contributed by atoms with E-state index in [1.54, 1.807) is 38.3 Å². The van der Waals surface area contributed by atoms with Crippen LogP contribution in [0.3, 0.4) is 0 Å². The number of carbonyl (C=O) groups is 2. The molecule has 0 aliphatic rings. The molecule has 0 spiro atoms. The molecule has 2 aromatic heterocycles. The van der Waals surface area contributed by atoms with Crippen LogP contribution < -0.4 is 9.46 Å². The second-order valence-electron chi connectivity index (χ2n) is 11.3. The first-order valence-electron chi connectivity index (χ1n) is 14.0. The van der Waals surface area contributed by atoms with Crippen molar-refractivity contribution in [2.75, 3.05) is 0 Å². The van der Waals surface area contributed by atoms with Crippen molar-refractivity contribution in [2.24, 2.45) is 0 Å². The van der Waals surface area contributed by atoms with Gasteiger partial charge in [0.1, 0.15) is 16.3 Å². The maximum atomic E-state index is 14.6. The lowest BCUT2D eigenvalue weighted by Gasteiger charge is -2.42. The average molecular weight is 671 g/mol. The molecule has 2 aromatic carbocycles. The van der Waals surface area contributed by atoms with E-state index in [0.29, 0.717) is 10.6 Å². The molecule has 2 heterocycles. The third-order valence-corrected chi connectivity index (χ3v) is 9.24. The highest BCUT2D eigenvalue weighted by atomic mass is 32.2. The van der Waals surface area contributed by atoms with Gasteiger partial charge in [0.2, 0.25) is 0 Å². The number of nitrogens with one attached hydrogen (secondary N) is 1. The van der Waals surface area contributed by atoms with Crippen LogP contribution in [0.4, 0.5) is 8.78 Å². The van der Waals surface area contributed by atoms with Gasteiger partial charge in [-0.3, -0.25) is 14.3 Å². The smallest absolute Gasteiger partial charge is 0.387 e. The lowest BCUT2D eigenvalue weighted by Crippen LogP contribution is -2.63. The van der Waals surface area contributed by atoms with E-state index in [0.717, 1.165) is 4.90 Å². The number of aromatic nitrogens is 3. The molecular weight excluding hydrogens is 639 g/mol. The number of rotatable bonds is 13. The number of nitrogens with zero attached hydrogens (tertiary/aromatic N) is 5. The number of thiazole rings is 1. The molecule has 0 fully saturated rings. The molecule has 46 heavy (non-hydrogen) atoms. The summed E-state index contributed by atoms with van der Waals surface area (Å²) in [4.78, 5) is 34.2. The van der Waals surface area contributed by atoms with Crippen LogP contribution in [0.25, 0.3) is 0 Å². The molecule has 242 valence electrons. The van der Waals surface area contributed by atoms with E-state index in [9.17, 15) is 32.0 Å². The number of ether oxygens (including phenoxy) is 1. The number of benzene rings is 2. The van der Waals surface area contributed by atoms with Gasteiger partial charge in [-0.25, -0.2) is 18.1 Å². The van der Waals surface area contributed by atoms with Crippen LogP contribution in [0.15, 0.2) is 83.5 Å². The molecular formula is C31H32F2N6O5S2. The van der Waals surface area contributed by atoms with Gasteiger partial charge in [0.05, 0.1) is 24.1 Å². The first-order chi connectivity index (χ1) is 21.8. The third kappa shape index (κ3) is 7.93. The quantitative estimate of drug-likeness (QED) is 0.206. The molecule has 0 bridgehead atoms. The fourth-order valence-electron chi connectivity index (χ4n) is 4.92. The van der Waals surface area contributed by atoms with Crippen LogP contribution in [0.2, 0.25) is 0 Å². The fourth-order valence-corrected chi connectivity index (χ4v) is 6.59. The van der Waals surface area contributed by atoms with Crippen LogP contribution in [-0.2, 0) is 33.3 Å². The number of carbonyl (C=O) groups excluding carboxylic acids is 2. The van der Waals surface area contributed by atoms with Gasteiger partial charge in [-0.1, -0.05) is 45.0 Å². The summed E-state index contributed by atoms with van der Waals surface area (Å²) >= 11 is 1.18. The minimum absolute atomic E-state index is 0.110. The first kappa shape index (κ1) is 34.2. The highest BCUT2D eigenvalue weighted by Crippen LogP contribution is 2.35. The Morgan fingerprint density at radius 1 is 1.13 bits per heavy atom. The topological polar surface area (TPSA) is 147 Å². The zero-order valence-corrected chi connectivity index (χ0v) is 26.9. The van der Waals surface area contributed by atoms with Crippen LogP contribution in [0.1, 0.15) is 54.5 Å². The molecule has 0 radical (unpaired) electrons. The van der Waals surface area contributed by atoms with Crippen molar-refractivity contribution in [3.05, 3.63) is 94.7 Å². The molecule has 1 N–H and O–H groups in total. The Morgan fingerprint density at radius 2 is 1.87 bits per heavy atom. The largest absolute Gasteiger partial charge is 0.434 e. The third-order valence-electron chi connectivity index (χ3n) is 7.13. The van der Waals surface area contributed by atoms with E-state index < -0.39 is 39.4 Å². The summed E-state index contributed by atoms with van der Waals surface area (Å²) in [5.74, 6) is -2.14. The van der Waals surface area contributed by atoms with Crippen molar-refractivity contribution in [3.8, 4) is 11.8 Å². The SMILES string of the molecule is CC(C)(C)c1ccc(C(=O)N(Cc2nccs2)C(CCC#N)(Cn2cccn2)C(=O)NS(=O)(=O)c2ccccc2)cc1OC(F)F. The van der Waals surface area contributed by atoms with E-state index in [2.05, 4.69) is 14.8 Å². The summed E-state index contributed by atoms with van der Waals surface area (Å²) in [6, 6.07) is 14.9. The first-order valence-corrected chi connectivity index (χ1v) is 16.4. The van der Waals surface area contributed by atoms with E-state index in [-0.39, 0.29) is 42.1 Å². The van der Waals surface area contributed by atoms with Crippen molar-refractivity contribution in [1.82, 2.24) is 24.4 Å². The maximum Gasteiger partial charge on any atom is 0.387 e. The van der Waals surface area contributed by atoms with Crippen molar-refractivity contribution < 1.29 is 31.5 Å². The number of sulfonamides is 1. The minimum atomic E-state index is -4.44. The second-order valence-corrected chi connectivity index (χ2v) is 14.0. The molecule has 0 saturated carbocycles. The van der Waals surface area contributed by atoms with E-state index in [1.165, 1.54) is 77.1 Å². The van der Waals surface area contributed by atoms with Gasteiger partial charge in [0, 0.05) is 36.0 Å². The monoisotopic (exact) mass is 670 g/mol. The zero-order valence-electron chi connectivity index (χ0n) is 25.3. The van der Waals surface area contributed by atoms with Crippen LogP contribution in [0.5, 0.6) is 5.75 Å². The van der Waals surface area contributed by atoms with Crippen molar-refractivity contribution in [2.45, 2.75) is 69.2 Å². The Labute approximate surface area is 269 Å². The molecule has 0 saturated heterocycles. The normalized spacial score (nSPS) is 13.1. The molecule has 2 amide bonds. The van der Waals surface area contributed by atoms with E-state index in [1.807, 2.05) is 6.07 Å². The number of halogens is 2. The lowest BCUT2D eigenvalue weighted by atomic mass is 9.85. The molecule has 0 aliphatic heterocycles. The van der Waals surface area contributed by atoms with E-state index in [4.69, 9.17) is 4.74 Å². The summed E-state index contributed by atoms with van der Waals surface area (Å²) in [6.45, 7) is 1.58. The maximum absolute atomic E-state index is 14.6. The Bertz CT molecular complexity index is 1790. The van der Waals surface area contributed by atoms with Gasteiger partial charge in [-0.2, -0.15) is 19.1 Å². The van der Waals surface area contributed by atoms with Gasteiger partial charge < -0.3 is 9.64 Å². The van der Waals surface area contributed by atoms with Gasteiger partial charge in [-0.05, 0) is 47.7 Å². The molecule has 1 unspecified atom stereocenters. The predicted octanol–water partition coefficient (Wildman–Crippen LogP) is 5.13. The molecule has 15 heteroatoms. The molecule has 4 aromatic rings. The van der Waals surface area contributed by atoms with E-state index >= 15 is 0 Å². The van der Waals surface area contributed by atoms with Crippen LogP contribution in [0, 0.1) is 11.3 Å². The summed E-state index contributed by atoms with van der Waals surface area (Å²) in [5.41, 5.74) is -2.37. The molecule has 4 rings (SSSR count). The summed E-state index contributed by atoms with van der Waals surface area (Å²) in [6.07, 6.45) is 3.90. The molecule has 11 nitrogen and oxygen atoms in total.